The summed E-state index contributed by atoms with van der Waals surface area (Å²) in [6.45, 7) is 4.45. The van der Waals surface area contributed by atoms with Gasteiger partial charge < -0.3 is 14.5 Å². The first-order valence-electron chi connectivity index (χ1n) is 4.50. The number of aromatic nitrogens is 1. The highest BCUT2D eigenvalue weighted by Gasteiger charge is 2.02. The number of rotatable bonds is 6. The Morgan fingerprint density at radius 3 is 3.15 bits per heavy atom. The van der Waals surface area contributed by atoms with Crippen LogP contribution in [0.2, 0.25) is 0 Å². The van der Waals surface area contributed by atoms with Gasteiger partial charge in [-0.3, -0.25) is 0 Å². The predicted octanol–water partition coefficient (Wildman–Crippen LogP) is 0.973. The molecule has 0 unspecified atom stereocenters. The molecule has 1 aromatic heterocycles. The summed E-state index contributed by atoms with van der Waals surface area (Å²) in [4.78, 5) is 4.12. The fourth-order valence-corrected chi connectivity index (χ4v) is 1.04. The lowest BCUT2D eigenvalue weighted by molar-refractivity contribution is 0.162. The van der Waals surface area contributed by atoms with Crippen molar-refractivity contribution in [3.8, 4) is 0 Å². The average Bonchev–Trinajstić information content (AvgIpc) is 2.54. The molecule has 4 nitrogen and oxygen atoms in total. The number of hydrogen-bond acceptors (Lipinski definition) is 4. The van der Waals surface area contributed by atoms with E-state index in [-0.39, 0.29) is 0 Å². The van der Waals surface area contributed by atoms with Crippen LogP contribution in [0.1, 0.15) is 18.6 Å². The Morgan fingerprint density at radius 1 is 1.62 bits per heavy atom. The fraction of sp³-hybridized carbons (Fsp3) is 0.667. The first kappa shape index (κ1) is 10.2. The van der Waals surface area contributed by atoms with E-state index in [0.29, 0.717) is 6.61 Å². The SMILES string of the molecule is CCNCCc1ncc(COC)o1. The maximum absolute atomic E-state index is 5.39. The molecule has 1 rings (SSSR count). The highest BCUT2D eigenvalue weighted by atomic mass is 16.5. The van der Waals surface area contributed by atoms with E-state index >= 15 is 0 Å². The van der Waals surface area contributed by atoms with Crippen LogP contribution in [0, 0.1) is 0 Å². The van der Waals surface area contributed by atoms with Crippen molar-refractivity contribution in [1.29, 1.82) is 0 Å². The van der Waals surface area contributed by atoms with Gasteiger partial charge in [0.05, 0.1) is 6.20 Å². The molecule has 1 aromatic rings. The van der Waals surface area contributed by atoms with E-state index in [2.05, 4.69) is 17.2 Å². The van der Waals surface area contributed by atoms with Crippen LogP contribution in [0.5, 0.6) is 0 Å². The second-order valence-electron chi connectivity index (χ2n) is 2.76. The Kier molecular flexibility index (Phi) is 4.49. The molecule has 0 atom stereocenters. The van der Waals surface area contributed by atoms with E-state index in [9.17, 15) is 0 Å². The molecule has 0 aliphatic carbocycles. The van der Waals surface area contributed by atoms with Crippen LogP contribution in [-0.2, 0) is 17.8 Å². The van der Waals surface area contributed by atoms with Crippen molar-refractivity contribution in [1.82, 2.24) is 10.3 Å². The third kappa shape index (κ3) is 3.57. The minimum Gasteiger partial charge on any atom is -0.443 e. The first-order valence-corrected chi connectivity index (χ1v) is 4.50. The summed E-state index contributed by atoms with van der Waals surface area (Å²) in [7, 11) is 1.64. The summed E-state index contributed by atoms with van der Waals surface area (Å²) in [6, 6.07) is 0. The normalized spacial score (nSPS) is 10.6. The van der Waals surface area contributed by atoms with Crippen LogP contribution < -0.4 is 5.32 Å². The van der Waals surface area contributed by atoms with Crippen LogP contribution in [0.15, 0.2) is 10.6 Å². The number of oxazole rings is 1. The first-order chi connectivity index (χ1) is 6.36. The minimum absolute atomic E-state index is 0.494. The molecule has 0 bridgehead atoms. The highest BCUT2D eigenvalue weighted by Crippen LogP contribution is 2.04. The number of methoxy groups -OCH3 is 1. The van der Waals surface area contributed by atoms with E-state index in [1.165, 1.54) is 0 Å². The Bertz CT molecular complexity index is 235. The van der Waals surface area contributed by atoms with Crippen LogP contribution in [-0.4, -0.2) is 25.2 Å². The van der Waals surface area contributed by atoms with Crippen molar-refractivity contribution in [2.45, 2.75) is 20.0 Å². The van der Waals surface area contributed by atoms with Crippen molar-refractivity contribution in [3.05, 3.63) is 17.8 Å². The molecule has 0 fully saturated rings. The summed E-state index contributed by atoms with van der Waals surface area (Å²) < 4.78 is 10.3. The van der Waals surface area contributed by atoms with Gasteiger partial charge in [0.1, 0.15) is 12.4 Å². The van der Waals surface area contributed by atoms with E-state index in [1.54, 1.807) is 13.3 Å². The monoisotopic (exact) mass is 184 g/mol. The zero-order valence-electron chi connectivity index (χ0n) is 8.17. The predicted molar refractivity (Wildman–Crippen MR) is 49.5 cm³/mol. The van der Waals surface area contributed by atoms with Gasteiger partial charge in [-0.2, -0.15) is 0 Å². The second kappa shape index (κ2) is 5.72. The van der Waals surface area contributed by atoms with E-state index in [1.807, 2.05) is 0 Å². The number of nitrogens with one attached hydrogen (secondary N) is 1. The van der Waals surface area contributed by atoms with Crippen LogP contribution >= 0.6 is 0 Å². The van der Waals surface area contributed by atoms with E-state index in [4.69, 9.17) is 9.15 Å². The largest absolute Gasteiger partial charge is 0.443 e. The van der Waals surface area contributed by atoms with Crippen molar-refractivity contribution in [2.75, 3.05) is 20.2 Å². The van der Waals surface area contributed by atoms with Gasteiger partial charge in [-0.25, -0.2) is 4.98 Å². The van der Waals surface area contributed by atoms with Gasteiger partial charge in [-0.15, -0.1) is 0 Å². The second-order valence-corrected chi connectivity index (χ2v) is 2.76. The average molecular weight is 184 g/mol. The molecule has 1 N–H and O–H groups in total. The molecule has 13 heavy (non-hydrogen) atoms. The van der Waals surface area contributed by atoms with Gasteiger partial charge in [-0.05, 0) is 6.54 Å². The molecule has 1 heterocycles. The van der Waals surface area contributed by atoms with Crippen molar-refractivity contribution < 1.29 is 9.15 Å². The maximum atomic E-state index is 5.39. The standard InChI is InChI=1S/C9H16N2O2/c1-3-10-5-4-9-11-6-8(13-9)7-12-2/h6,10H,3-5,7H2,1-2H3. The Morgan fingerprint density at radius 2 is 2.46 bits per heavy atom. The van der Waals surface area contributed by atoms with Gasteiger partial charge in [0, 0.05) is 20.1 Å². The molecule has 0 aliphatic rings. The van der Waals surface area contributed by atoms with Crippen LogP contribution in [0.4, 0.5) is 0 Å². The Balaban J connectivity index is 2.31. The highest BCUT2D eigenvalue weighted by molar-refractivity contribution is 4.92. The molecule has 74 valence electrons. The van der Waals surface area contributed by atoms with Gasteiger partial charge in [0.2, 0.25) is 0 Å². The third-order valence-electron chi connectivity index (χ3n) is 1.65. The maximum Gasteiger partial charge on any atom is 0.195 e. The zero-order chi connectivity index (χ0) is 9.52. The topological polar surface area (TPSA) is 47.3 Å². The fourth-order valence-electron chi connectivity index (χ4n) is 1.04. The molecule has 0 aromatic carbocycles. The third-order valence-corrected chi connectivity index (χ3v) is 1.65. The van der Waals surface area contributed by atoms with Crippen molar-refractivity contribution >= 4 is 0 Å². The summed E-state index contributed by atoms with van der Waals surface area (Å²) in [6.07, 6.45) is 2.54. The van der Waals surface area contributed by atoms with Gasteiger partial charge >= 0.3 is 0 Å². The molecular formula is C9H16N2O2. The van der Waals surface area contributed by atoms with E-state index in [0.717, 1.165) is 31.2 Å². The van der Waals surface area contributed by atoms with E-state index < -0.39 is 0 Å². The molecular weight excluding hydrogens is 168 g/mol. The summed E-state index contributed by atoms with van der Waals surface area (Å²) in [5.74, 6) is 1.56. The number of ether oxygens (including phenoxy) is 1. The zero-order valence-corrected chi connectivity index (χ0v) is 8.17. The molecule has 0 saturated heterocycles. The summed E-state index contributed by atoms with van der Waals surface area (Å²) >= 11 is 0. The molecule has 0 amide bonds. The van der Waals surface area contributed by atoms with Gasteiger partial charge in [-0.1, -0.05) is 6.92 Å². The molecule has 0 radical (unpaired) electrons. The van der Waals surface area contributed by atoms with Crippen molar-refractivity contribution in [2.24, 2.45) is 0 Å². The molecule has 0 saturated carbocycles. The molecule has 4 heteroatoms. The quantitative estimate of drug-likeness (QED) is 0.669. The smallest absolute Gasteiger partial charge is 0.195 e. The Hall–Kier alpha value is -0.870. The van der Waals surface area contributed by atoms with Gasteiger partial charge in [0.25, 0.3) is 0 Å². The summed E-state index contributed by atoms with van der Waals surface area (Å²) in [5.41, 5.74) is 0. The minimum atomic E-state index is 0.494. The molecule has 0 spiro atoms. The molecule has 0 aliphatic heterocycles. The number of likely N-dealkylation sites (N-methyl/N-ethyl adjacent to an activating group) is 1. The van der Waals surface area contributed by atoms with Crippen LogP contribution in [0.3, 0.4) is 0 Å². The summed E-state index contributed by atoms with van der Waals surface area (Å²) in [5, 5.41) is 3.21. The Labute approximate surface area is 78.3 Å². The number of nitrogens with zero attached hydrogens (tertiary/aromatic N) is 1. The lowest BCUT2D eigenvalue weighted by Gasteiger charge is -1.96. The van der Waals surface area contributed by atoms with Gasteiger partial charge in [0.15, 0.2) is 5.89 Å². The lowest BCUT2D eigenvalue weighted by atomic mass is 10.4. The van der Waals surface area contributed by atoms with Crippen LogP contribution in [0.25, 0.3) is 0 Å². The number of hydrogen-bond donors (Lipinski definition) is 1. The lowest BCUT2D eigenvalue weighted by Crippen LogP contribution is -2.16. The van der Waals surface area contributed by atoms with Crippen molar-refractivity contribution in [3.63, 3.8) is 0 Å².